The number of carbonyl (C=O) groups excluding carboxylic acids is 2. The molecule has 1 amide bonds. The molecule has 0 aromatic heterocycles. The Morgan fingerprint density at radius 1 is 1.00 bits per heavy atom. The molecule has 27 heavy (non-hydrogen) atoms. The van der Waals surface area contributed by atoms with Gasteiger partial charge in [0.1, 0.15) is 0 Å². The molecular formula is C20H22N2O4S. The fourth-order valence-corrected chi connectivity index (χ4v) is 4.87. The van der Waals surface area contributed by atoms with Crippen LogP contribution in [0.1, 0.15) is 40.1 Å². The number of ketones is 1. The van der Waals surface area contributed by atoms with E-state index in [1.165, 1.54) is 30.3 Å². The summed E-state index contributed by atoms with van der Waals surface area (Å²) < 4.78 is 25.8. The molecule has 0 bridgehead atoms. The van der Waals surface area contributed by atoms with Crippen LogP contribution in [0, 0.1) is 0 Å². The molecule has 1 aliphatic heterocycles. The van der Waals surface area contributed by atoms with Crippen molar-refractivity contribution in [1.29, 1.82) is 0 Å². The van der Waals surface area contributed by atoms with E-state index in [0.29, 0.717) is 13.1 Å². The first kappa shape index (κ1) is 19.3. The number of nitrogens with zero attached hydrogens (tertiary/aromatic N) is 1. The maximum atomic E-state index is 12.9. The highest BCUT2D eigenvalue weighted by Crippen LogP contribution is 2.34. The van der Waals surface area contributed by atoms with E-state index in [1.54, 1.807) is 12.1 Å². The third kappa shape index (κ3) is 3.52. The minimum Gasteiger partial charge on any atom is -0.351 e. The molecular weight excluding hydrogens is 364 g/mol. The summed E-state index contributed by atoms with van der Waals surface area (Å²) in [5, 5.41) is 2.80. The minimum atomic E-state index is -3.84. The molecule has 1 heterocycles. The van der Waals surface area contributed by atoms with Crippen LogP contribution >= 0.6 is 0 Å². The molecule has 3 rings (SSSR count). The molecule has 142 valence electrons. The monoisotopic (exact) mass is 386 g/mol. The zero-order chi connectivity index (χ0) is 19.6. The van der Waals surface area contributed by atoms with Gasteiger partial charge in [-0.3, -0.25) is 9.59 Å². The van der Waals surface area contributed by atoms with Crippen molar-refractivity contribution in [1.82, 2.24) is 10.2 Å². The lowest BCUT2D eigenvalue weighted by Crippen LogP contribution is -2.35. The number of nitrogens with one attached hydrogen (secondary N) is 1. The van der Waals surface area contributed by atoms with Crippen molar-refractivity contribution in [2.24, 2.45) is 0 Å². The van der Waals surface area contributed by atoms with E-state index in [9.17, 15) is 18.0 Å². The summed E-state index contributed by atoms with van der Waals surface area (Å²) in [5.41, 5.74) is 0.499. The Hall–Kier alpha value is -2.51. The number of amides is 1. The third-order valence-corrected chi connectivity index (χ3v) is 6.66. The van der Waals surface area contributed by atoms with Gasteiger partial charge in [0.2, 0.25) is 9.84 Å². The second-order valence-electron chi connectivity index (χ2n) is 6.32. The van der Waals surface area contributed by atoms with Gasteiger partial charge in [0.15, 0.2) is 5.78 Å². The number of hydrogen-bond donors (Lipinski definition) is 1. The molecule has 1 N–H and O–H groups in total. The second-order valence-corrected chi connectivity index (χ2v) is 8.21. The van der Waals surface area contributed by atoms with E-state index < -0.39 is 9.84 Å². The Labute approximate surface area is 159 Å². The summed E-state index contributed by atoms with van der Waals surface area (Å²) in [5.74, 6) is -0.699. The molecule has 6 nitrogen and oxygen atoms in total. The molecule has 2 aromatic rings. The van der Waals surface area contributed by atoms with E-state index in [-0.39, 0.29) is 38.2 Å². The maximum absolute atomic E-state index is 12.9. The average Bonchev–Trinajstić information content (AvgIpc) is 2.69. The fourth-order valence-electron chi connectivity index (χ4n) is 3.20. The van der Waals surface area contributed by atoms with Gasteiger partial charge in [-0.25, -0.2) is 8.42 Å². The van der Waals surface area contributed by atoms with E-state index in [1.807, 2.05) is 0 Å². The zero-order valence-corrected chi connectivity index (χ0v) is 16.2. The van der Waals surface area contributed by atoms with E-state index in [0.717, 1.165) is 13.1 Å². The largest absolute Gasteiger partial charge is 0.351 e. The maximum Gasteiger partial charge on any atom is 0.251 e. The third-order valence-electron chi connectivity index (χ3n) is 4.81. The standard InChI is InChI=1S/C20H22N2O4S/c1-3-22(4-2)12-11-21-20(24)14-9-10-16-18(13-14)27(25,26)17-8-6-5-7-15(17)19(16)23/h5-10,13H,3-4,11-12H2,1-2H3,(H,21,24). The van der Waals surface area contributed by atoms with Crippen LogP contribution in [-0.4, -0.2) is 51.2 Å². The van der Waals surface area contributed by atoms with Gasteiger partial charge < -0.3 is 10.2 Å². The lowest BCUT2D eigenvalue weighted by Gasteiger charge is -2.20. The van der Waals surface area contributed by atoms with E-state index >= 15 is 0 Å². The van der Waals surface area contributed by atoms with Gasteiger partial charge in [0.25, 0.3) is 5.91 Å². The van der Waals surface area contributed by atoms with Crippen molar-refractivity contribution in [2.45, 2.75) is 23.6 Å². The average molecular weight is 386 g/mol. The minimum absolute atomic E-state index is 0.0124. The van der Waals surface area contributed by atoms with Gasteiger partial charge in [-0.05, 0) is 43.4 Å². The van der Waals surface area contributed by atoms with Crippen molar-refractivity contribution < 1.29 is 18.0 Å². The summed E-state index contributed by atoms with van der Waals surface area (Å²) in [4.78, 5) is 27.1. The molecule has 1 aliphatic rings. The molecule has 0 radical (unpaired) electrons. The zero-order valence-electron chi connectivity index (χ0n) is 15.4. The van der Waals surface area contributed by atoms with Gasteiger partial charge in [-0.2, -0.15) is 0 Å². The van der Waals surface area contributed by atoms with Crippen molar-refractivity contribution in [3.63, 3.8) is 0 Å². The van der Waals surface area contributed by atoms with Gasteiger partial charge in [-0.15, -0.1) is 0 Å². The van der Waals surface area contributed by atoms with Crippen LogP contribution in [0.25, 0.3) is 0 Å². The summed E-state index contributed by atoms with van der Waals surface area (Å²) in [6.07, 6.45) is 0. The highest BCUT2D eigenvalue weighted by Gasteiger charge is 2.34. The Bertz CT molecular complexity index is 995. The Morgan fingerprint density at radius 2 is 1.67 bits per heavy atom. The Morgan fingerprint density at radius 3 is 2.37 bits per heavy atom. The Kier molecular flexibility index (Phi) is 5.43. The summed E-state index contributed by atoms with van der Waals surface area (Å²) in [6.45, 7) is 7.07. The number of sulfone groups is 1. The van der Waals surface area contributed by atoms with Crippen LogP contribution in [0.2, 0.25) is 0 Å². The number of likely N-dealkylation sites (N-methyl/N-ethyl adjacent to an activating group) is 1. The van der Waals surface area contributed by atoms with Gasteiger partial charge >= 0.3 is 0 Å². The molecule has 0 atom stereocenters. The molecule has 0 saturated heterocycles. The van der Waals surface area contributed by atoms with Crippen molar-refractivity contribution in [3.05, 3.63) is 59.2 Å². The van der Waals surface area contributed by atoms with Crippen LogP contribution in [0.3, 0.4) is 0 Å². The molecule has 0 unspecified atom stereocenters. The highest BCUT2D eigenvalue weighted by atomic mass is 32.2. The second kappa shape index (κ2) is 7.62. The van der Waals surface area contributed by atoms with E-state index in [4.69, 9.17) is 0 Å². The number of hydrogen-bond acceptors (Lipinski definition) is 5. The first-order valence-corrected chi connectivity index (χ1v) is 10.4. The van der Waals surface area contributed by atoms with Crippen LogP contribution < -0.4 is 5.32 Å². The van der Waals surface area contributed by atoms with Crippen LogP contribution in [0.5, 0.6) is 0 Å². The number of carbonyl (C=O) groups is 2. The summed E-state index contributed by atoms with van der Waals surface area (Å²) in [6, 6.07) is 10.4. The van der Waals surface area contributed by atoms with Crippen LogP contribution in [0.4, 0.5) is 0 Å². The smallest absolute Gasteiger partial charge is 0.251 e. The van der Waals surface area contributed by atoms with Crippen LogP contribution in [0.15, 0.2) is 52.3 Å². The Balaban J connectivity index is 1.88. The summed E-state index contributed by atoms with van der Waals surface area (Å²) in [7, 11) is -3.84. The normalized spacial score (nSPS) is 14.6. The van der Waals surface area contributed by atoms with Crippen molar-refractivity contribution >= 4 is 21.5 Å². The lowest BCUT2D eigenvalue weighted by atomic mass is 10.0. The predicted octanol–water partition coefficient (Wildman–Crippen LogP) is 2.14. The molecule has 0 aliphatic carbocycles. The molecule has 0 saturated carbocycles. The van der Waals surface area contributed by atoms with Crippen LogP contribution in [-0.2, 0) is 9.84 Å². The van der Waals surface area contributed by atoms with Gasteiger partial charge in [-0.1, -0.05) is 26.0 Å². The SMILES string of the molecule is CCN(CC)CCNC(=O)c1ccc2c(c1)S(=O)(=O)c1ccccc1C2=O. The number of benzene rings is 2. The van der Waals surface area contributed by atoms with Gasteiger partial charge in [0.05, 0.1) is 9.79 Å². The number of fused-ring (bicyclic) bond motifs is 2. The number of rotatable bonds is 6. The first-order chi connectivity index (χ1) is 12.9. The topological polar surface area (TPSA) is 83.6 Å². The molecule has 2 aromatic carbocycles. The van der Waals surface area contributed by atoms with Crippen molar-refractivity contribution in [3.8, 4) is 0 Å². The van der Waals surface area contributed by atoms with E-state index in [2.05, 4.69) is 24.1 Å². The fraction of sp³-hybridized carbons (Fsp3) is 0.300. The molecule has 0 fully saturated rings. The highest BCUT2D eigenvalue weighted by molar-refractivity contribution is 7.91. The van der Waals surface area contributed by atoms with Gasteiger partial charge in [0, 0.05) is 29.8 Å². The van der Waals surface area contributed by atoms with Crippen molar-refractivity contribution in [2.75, 3.05) is 26.2 Å². The predicted molar refractivity (Wildman–Crippen MR) is 102 cm³/mol. The quantitative estimate of drug-likeness (QED) is 0.702. The lowest BCUT2D eigenvalue weighted by molar-refractivity contribution is 0.0947. The molecule has 7 heteroatoms. The molecule has 0 spiro atoms. The first-order valence-electron chi connectivity index (χ1n) is 8.93. The summed E-state index contributed by atoms with van der Waals surface area (Å²) >= 11 is 0.